The molecule has 0 aliphatic rings. The summed E-state index contributed by atoms with van der Waals surface area (Å²) >= 11 is 0. The molecule has 0 bridgehead atoms. The van der Waals surface area contributed by atoms with Crippen LogP contribution in [0.1, 0.15) is 0 Å². The fourth-order valence-corrected chi connectivity index (χ4v) is 1.54. The van der Waals surface area contributed by atoms with Crippen LogP contribution in [0.5, 0.6) is 5.88 Å². The second-order valence-electron chi connectivity index (χ2n) is 3.76. The Morgan fingerprint density at radius 3 is 2.70 bits per heavy atom. The molecule has 0 aliphatic carbocycles. The van der Waals surface area contributed by atoms with Crippen LogP contribution < -0.4 is 9.64 Å². The van der Waals surface area contributed by atoms with E-state index in [0.29, 0.717) is 0 Å². The zero-order valence-corrected chi connectivity index (χ0v) is 11.1. The van der Waals surface area contributed by atoms with E-state index in [1.54, 1.807) is 0 Å². The minimum absolute atomic E-state index is 0.0613. The first kappa shape index (κ1) is 15.6. The van der Waals surface area contributed by atoms with E-state index >= 15 is 0 Å². The molecule has 1 N–H and O–H groups in total. The van der Waals surface area contributed by atoms with E-state index in [9.17, 15) is 14.9 Å². The molecule has 1 rings (SSSR count). The van der Waals surface area contributed by atoms with Crippen molar-refractivity contribution in [3.63, 3.8) is 0 Å². The topological polar surface area (TPSA) is 115 Å². The smallest absolute Gasteiger partial charge is 0.323 e. The van der Waals surface area contributed by atoms with Crippen LogP contribution in [-0.4, -0.2) is 54.9 Å². The molecule has 1 aromatic rings. The highest BCUT2D eigenvalue weighted by molar-refractivity contribution is 5.75. The molecule has 110 valence electrons. The van der Waals surface area contributed by atoms with Gasteiger partial charge in [-0.3, -0.25) is 14.9 Å². The Hall–Kier alpha value is -2.42. The van der Waals surface area contributed by atoms with E-state index in [0.717, 1.165) is 0 Å². The van der Waals surface area contributed by atoms with Crippen molar-refractivity contribution in [1.29, 1.82) is 0 Å². The van der Waals surface area contributed by atoms with Gasteiger partial charge in [-0.1, -0.05) is 0 Å². The van der Waals surface area contributed by atoms with Crippen LogP contribution in [0.4, 0.5) is 11.5 Å². The number of nitrogens with zero attached hydrogens (tertiary/aromatic N) is 3. The van der Waals surface area contributed by atoms with Gasteiger partial charge in [0.1, 0.15) is 6.54 Å². The van der Waals surface area contributed by atoms with Gasteiger partial charge in [0.15, 0.2) is 0 Å². The zero-order valence-electron chi connectivity index (χ0n) is 11.1. The Balaban J connectivity index is 3.19. The number of aliphatic carboxylic acids is 1. The minimum atomic E-state index is -1.12. The lowest BCUT2D eigenvalue weighted by atomic mass is 10.3. The number of ether oxygens (including phenoxy) is 2. The van der Waals surface area contributed by atoms with Crippen LogP contribution in [0, 0.1) is 10.1 Å². The summed E-state index contributed by atoms with van der Waals surface area (Å²) in [7, 11) is 2.82. The van der Waals surface area contributed by atoms with Crippen LogP contribution in [0.3, 0.4) is 0 Å². The number of pyridine rings is 1. The van der Waals surface area contributed by atoms with Gasteiger partial charge < -0.3 is 19.5 Å². The molecule has 0 radical (unpaired) electrons. The van der Waals surface area contributed by atoms with Crippen molar-refractivity contribution in [2.45, 2.75) is 0 Å². The number of carboxylic acids is 1. The van der Waals surface area contributed by atoms with E-state index in [1.807, 2.05) is 0 Å². The number of hydrogen-bond acceptors (Lipinski definition) is 7. The number of hydrogen-bond donors (Lipinski definition) is 1. The summed E-state index contributed by atoms with van der Waals surface area (Å²) in [6.45, 7) is -0.0580. The van der Waals surface area contributed by atoms with Gasteiger partial charge in [-0.2, -0.15) is 4.98 Å². The van der Waals surface area contributed by atoms with Gasteiger partial charge in [-0.15, -0.1) is 0 Å². The fraction of sp³-hybridized carbons (Fsp3) is 0.455. The molecule has 0 aliphatic heterocycles. The molecule has 1 aromatic heterocycles. The van der Waals surface area contributed by atoms with Crippen LogP contribution in [-0.2, 0) is 9.53 Å². The third-order valence-electron chi connectivity index (χ3n) is 2.43. The molecule has 9 heteroatoms. The average Bonchev–Trinajstić information content (AvgIpc) is 2.42. The molecule has 0 aromatic carbocycles. The fourth-order valence-electron chi connectivity index (χ4n) is 1.54. The number of carboxylic acid groups (broad SMARTS) is 1. The van der Waals surface area contributed by atoms with Gasteiger partial charge >= 0.3 is 11.7 Å². The van der Waals surface area contributed by atoms with Crippen molar-refractivity contribution in [3.05, 3.63) is 22.2 Å². The van der Waals surface area contributed by atoms with Crippen LogP contribution in [0.15, 0.2) is 12.1 Å². The molecule has 0 fully saturated rings. The van der Waals surface area contributed by atoms with Crippen molar-refractivity contribution >= 4 is 17.5 Å². The second kappa shape index (κ2) is 7.24. The van der Waals surface area contributed by atoms with Gasteiger partial charge in [-0.25, -0.2) is 0 Å². The Labute approximate surface area is 114 Å². The lowest BCUT2D eigenvalue weighted by Crippen LogP contribution is -2.33. The van der Waals surface area contributed by atoms with E-state index in [4.69, 9.17) is 14.6 Å². The number of methoxy groups -OCH3 is 2. The van der Waals surface area contributed by atoms with E-state index in [1.165, 1.54) is 31.3 Å². The van der Waals surface area contributed by atoms with Crippen molar-refractivity contribution in [2.75, 3.05) is 38.8 Å². The van der Waals surface area contributed by atoms with E-state index in [2.05, 4.69) is 4.98 Å². The number of nitro groups is 1. The molecular formula is C11H15N3O6. The molecule has 0 saturated carbocycles. The summed E-state index contributed by atoms with van der Waals surface area (Å²) in [5.41, 5.74) is -0.289. The lowest BCUT2D eigenvalue weighted by molar-refractivity contribution is -0.384. The van der Waals surface area contributed by atoms with Gasteiger partial charge in [0, 0.05) is 25.8 Å². The first-order chi connectivity index (χ1) is 9.49. The molecule has 0 saturated heterocycles. The zero-order chi connectivity index (χ0) is 15.1. The monoisotopic (exact) mass is 285 g/mol. The standard InChI is InChI=1S/C11H15N3O6/c1-19-6-5-13(7-10(15)16)11-8(14(17)18)3-4-9(12-11)20-2/h3-4H,5-7H2,1-2H3,(H,15,16). The second-order valence-corrected chi connectivity index (χ2v) is 3.76. The largest absolute Gasteiger partial charge is 0.481 e. The minimum Gasteiger partial charge on any atom is -0.481 e. The van der Waals surface area contributed by atoms with Crippen molar-refractivity contribution in [1.82, 2.24) is 4.98 Å². The Bertz CT molecular complexity index is 493. The van der Waals surface area contributed by atoms with Crippen molar-refractivity contribution in [2.24, 2.45) is 0 Å². The molecule has 0 amide bonds. The lowest BCUT2D eigenvalue weighted by Gasteiger charge is -2.21. The van der Waals surface area contributed by atoms with Crippen molar-refractivity contribution in [3.8, 4) is 5.88 Å². The van der Waals surface area contributed by atoms with Crippen molar-refractivity contribution < 1.29 is 24.3 Å². The van der Waals surface area contributed by atoms with Crippen LogP contribution in [0.2, 0.25) is 0 Å². The SMILES string of the molecule is COCCN(CC(=O)O)c1nc(OC)ccc1[N+](=O)[O-]. The maximum absolute atomic E-state index is 11.0. The third kappa shape index (κ3) is 4.05. The highest BCUT2D eigenvalue weighted by Crippen LogP contribution is 2.28. The molecule has 20 heavy (non-hydrogen) atoms. The quantitative estimate of drug-likeness (QED) is 0.543. The molecule has 1 heterocycles. The summed E-state index contributed by atoms with van der Waals surface area (Å²) < 4.78 is 9.78. The Morgan fingerprint density at radius 1 is 1.50 bits per heavy atom. The summed E-state index contributed by atoms with van der Waals surface area (Å²) in [6.07, 6.45) is 0. The highest BCUT2D eigenvalue weighted by Gasteiger charge is 2.23. The van der Waals surface area contributed by atoms with E-state index < -0.39 is 17.4 Å². The third-order valence-corrected chi connectivity index (χ3v) is 2.43. The molecule has 0 atom stereocenters. The first-order valence-electron chi connectivity index (χ1n) is 5.64. The summed E-state index contributed by atoms with van der Waals surface area (Å²) in [5.74, 6) is -1.02. The van der Waals surface area contributed by atoms with Gasteiger partial charge in [0.05, 0.1) is 18.6 Å². The van der Waals surface area contributed by atoms with Crippen LogP contribution >= 0.6 is 0 Å². The predicted molar refractivity (Wildman–Crippen MR) is 69.2 cm³/mol. The molecule has 9 nitrogen and oxygen atoms in total. The Morgan fingerprint density at radius 2 is 2.20 bits per heavy atom. The predicted octanol–water partition coefficient (Wildman–Crippen LogP) is 0.536. The average molecular weight is 285 g/mol. The first-order valence-corrected chi connectivity index (χ1v) is 5.64. The molecular weight excluding hydrogens is 270 g/mol. The maximum Gasteiger partial charge on any atom is 0.323 e. The molecule has 0 spiro atoms. The summed E-state index contributed by atoms with van der Waals surface area (Å²) in [6, 6.07) is 2.57. The maximum atomic E-state index is 11.0. The molecule has 0 unspecified atom stereocenters. The van der Waals surface area contributed by atoms with Gasteiger partial charge in [0.2, 0.25) is 11.7 Å². The van der Waals surface area contributed by atoms with Gasteiger partial charge in [0.25, 0.3) is 0 Å². The number of aromatic nitrogens is 1. The van der Waals surface area contributed by atoms with Gasteiger partial charge in [-0.05, 0) is 0 Å². The normalized spacial score (nSPS) is 10.1. The summed E-state index contributed by atoms with van der Waals surface area (Å²) in [5, 5.41) is 19.9. The van der Waals surface area contributed by atoms with E-state index in [-0.39, 0.29) is 30.5 Å². The van der Waals surface area contributed by atoms with Crippen LogP contribution in [0.25, 0.3) is 0 Å². The number of carbonyl (C=O) groups is 1. The Kier molecular flexibility index (Phi) is 5.66. The summed E-state index contributed by atoms with van der Waals surface area (Å²) in [4.78, 5) is 26.5. The number of anilines is 1. The number of rotatable bonds is 8. The highest BCUT2D eigenvalue weighted by atomic mass is 16.6.